The van der Waals surface area contributed by atoms with Crippen LogP contribution in [0.4, 0.5) is 9.18 Å². The molecule has 2 aromatic carbocycles. The molecule has 26 heavy (non-hydrogen) atoms. The Morgan fingerprint density at radius 2 is 1.73 bits per heavy atom. The summed E-state index contributed by atoms with van der Waals surface area (Å²) in [6, 6.07) is 13.7. The number of amides is 3. The Balaban J connectivity index is 1.93. The monoisotopic (exact) mass is 414 g/mol. The van der Waals surface area contributed by atoms with Crippen molar-refractivity contribution < 1.29 is 14.0 Å². The second kappa shape index (κ2) is 6.38. The molecule has 1 saturated heterocycles. The zero-order valence-corrected chi connectivity index (χ0v) is 14.8. The summed E-state index contributed by atoms with van der Waals surface area (Å²) in [5.41, 5.74) is 2.39. The van der Waals surface area contributed by atoms with E-state index < -0.39 is 18.0 Å². The summed E-state index contributed by atoms with van der Waals surface area (Å²) < 4.78 is 15.5. The number of halogens is 2. The molecule has 1 unspecified atom stereocenters. The van der Waals surface area contributed by atoms with Crippen molar-refractivity contribution in [3.05, 3.63) is 70.6 Å². The number of imide groups is 1. The van der Waals surface area contributed by atoms with Crippen LogP contribution in [0.15, 0.2) is 59.2 Å². The summed E-state index contributed by atoms with van der Waals surface area (Å²) in [7, 11) is 0. The first-order valence-electron chi connectivity index (χ1n) is 7.76. The van der Waals surface area contributed by atoms with E-state index in [0.29, 0.717) is 21.4 Å². The predicted molar refractivity (Wildman–Crippen MR) is 96.1 cm³/mol. The van der Waals surface area contributed by atoms with E-state index in [2.05, 4.69) is 31.7 Å². The summed E-state index contributed by atoms with van der Waals surface area (Å²) in [4.78, 5) is 23.8. The van der Waals surface area contributed by atoms with Gasteiger partial charge < -0.3 is 5.32 Å². The van der Waals surface area contributed by atoms with Gasteiger partial charge in [0.1, 0.15) is 16.5 Å². The van der Waals surface area contributed by atoms with Crippen molar-refractivity contribution in [1.29, 1.82) is 0 Å². The molecule has 0 spiro atoms. The molecule has 1 aliphatic heterocycles. The van der Waals surface area contributed by atoms with Crippen molar-refractivity contribution in [3.8, 4) is 16.9 Å². The van der Waals surface area contributed by atoms with E-state index in [0.717, 1.165) is 5.69 Å². The highest BCUT2D eigenvalue weighted by Gasteiger charge is 2.37. The minimum absolute atomic E-state index is 0.372. The molecule has 1 fully saturated rings. The zero-order valence-electron chi connectivity index (χ0n) is 13.2. The van der Waals surface area contributed by atoms with Crippen LogP contribution >= 0.6 is 15.9 Å². The lowest BCUT2D eigenvalue weighted by Crippen LogP contribution is -2.22. The molecular weight excluding hydrogens is 403 g/mol. The third-order valence-corrected chi connectivity index (χ3v) is 4.81. The largest absolute Gasteiger partial charge is 0.322 e. The summed E-state index contributed by atoms with van der Waals surface area (Å²) in [5, 5.41) is 9.41. The van der Waals surface area contributed by atoms with Gasteiger partial charge in [0.25, 0.3) is 5.91 Å². The van der Waals surface area contributed by atoms with Gasteiger partial charge in [-0.2, -0.15) is 5.10 Å². The molecule has 1 aromatic heterocycles. The molecule has 3 amide bonds. The lowest BCUT2D eigenvalue weighted by Gasteiger charge is -2.09. The average molecular weight is 415 g/mol. The Bertz CT molecular complexity index is 1000. The van der Waals surface area contributed by atoms with Crippen LogP contribution in [0, 0.1) is 5.82 Å². The van der Waals surface area contributed by atoms with E-state index in [-0.39, 0.29) is 5.82 Å². The van der Waals surface area contributed by atoms with Crippen LogP contribution in [-0.2, 0) is 4.79 Å². The number of urea groups is 1. The lowest BCUT2D eigenvalue weighted by molar-refractivity contribution is -0.120. The van der Waals surface area contributed by atoms with Crippen LogP contribution in [-0.4, -0.2) is 21.7 Å². The second-order valence-electron chi connectivity index (χ2n) is 5.70. The number of benzene rings is 2. The van der Waals surface area contributed by atoms with Crippen molar-refractivity contribution >= 4 is 27.9 Å². The molecular formula is C18H12BrFN4O2. The Kier molecular flexibility index (Phi) is 4.04. The molecule has 8 heteroatoms. The normalized spacial score (nSPS) is 16.5. The number of hydrogen-bond donors (Lipinski definition) is 2. The highest BCUT2D eigenvalue weighted by molar-refractivity contribution is 9.10. The number of para-hydroxylation sites is 1. The molecule has 6 nitrogen and oxygen atoms in total. The van der Waals surface area contributed by atoms with Gasteiger partial charge in [-0.3, -0.25) is 10.1 Å². The van der Waals surface area contributed by atoms with E-state index in [1.165, 1.54) is 12.1 Å². The van der Waals surface area contributed by atoms with Gasteiger partial charge in [-0.05, 0) is 52.3 Å². The summed E-state index contributed by atoms with van der Waals surface area (Å²) in [5.74, 6) is -0.838. The molecule has 130 valence electrons. The minimum atomic E-state index is -0.894. The number of hydrogen-bond acceptors (Lipinski definition) is 3. The van der Waals surface area contributed by atoms with E-state index in [4.69, 9.17) is 0 Å². The molecule has 0 radical (unpaired) electrons. The number of nitrogens with one attached hydrogen (secondary N) is 2. The fourth-order valence-electron chi connectivity index (χ4n) is 2.85. The number of nitrogens with zero attached hydrogens (tertiary/aromatic N) is 2. The van der Waals surface area contributed by atoms with Crippen molar-refractivity contribution in [3.63, 3.8) is 0 Å². The SMILES string of the molecule is O=C1NC(=O)C(c2c(-c3ccc(F)cc3)nn(-c3ccccc3)c2Br)N1. The first-order valence-corrected chi connectivity index (χ1v) is 8.55. The lowest BCUT2D eigenvalue weighted by atomic mass is 10.0. The number of carbonyl (C=O) groups is 2. The number of aromatic nitrogens is 2. The van der Waals surface area contributed by atoms with Crippen LogP contribution in [0.3, 0.4) is 0 Å². The van der Waals surface area contributed by atoms with E-state index >= 15 is 0 Å². The second-order valence-corrected chi connectivity index (χ2v) is 6.45. The molecule has 0 saturated carbocycles. The number of carbonyl (C=O) groups excluding carboxylic acids is 2. The van der Waals surface area contributed by atoms with Gasteiger partial charge in [0, 0.05) is 11.1 Å². The maximum Gasteiger partial charge on any atom is 0.322 e. The Morgan fingerprint density at radius 1 is 1.04 bits per heavy atom. The molecule has 2 heterocycles. The molecule has 1 aliphatic rings. The maximum atomic E-state index is 13.3. The quantitative estimate of drug-likeness (QED) is 0.645. The molecule has 0 aliphatic carbocycles. The fraction of sp³-hybridized carbons (Fsp3) is 0.0556. The van der Waals surface area contributed by atoms with Crippen LogP contribution in [0.5, 0.6) is 0 Å². The standard InChI is InChI=1S/C18H12BrFN4O2/c19-16-13(15-17(25)22-18(26)21-15)14(10-6-8-11(20)9-7-10)23-24(16)12-4-2-1-3-5-12/h1-9,15H,(H2,21,22,25,26). The minimum Gasteiger partial charge on any atom is -0.322 e. The van der Waals surface area contributed by atoms with Gasteiger partial charge in [0.05, 0.1) is 11.4 Å². The van der Waals surface area contributed by atoms with Crippen molar-refractivity contribution in [2.75, 3.05) is 0 Å². The summed E-state index contributed by atoms with van der Waals surface area (Å²) >= 11 is 3.50. The Hall–Kier alpha value is -3.00. The third-order valence-electron chi connectivity index (χ3n) is 4.04. The zero-order chi connectivity index (χ0) is 18.3. The van der Waals surface area contributed by atoms with Crippen LogP contribution in [0.2, 0.25) is 0 Å². The average Bonchev–Trinajstić information content (AvgIpc) is 3.15. The first kappa shape index (κ1) is 16.5. The topological polar surface area (TPSA) is 76.0 Å². The van der Waals surface area contributed by atoms with Crippen LogP contribution < -0.4 is 10.6 Å². The summed E-state index contributed by atoms with van der Waals surface area (Å²) in [6.45, 7) is 0. The molecule has 3 aromatic rings. The summed E-state index contributed by atoms with van der Waals surface area (Å²) in [6.07, 6.45) is 0. The predicted octanol–water partition coefficient (Wildman–Crippen LogP) is 3.32. The van der Waals surface area contributed by atoms with E-state index in [1.54, 1.807) is 16.8 Å². The number of rotatable bonds is 3. The van der Waals surface area contributed by atoms with E-state index in [1.807, 2.05) is 30.3 Å². The highest BCUT2D eigenvalue weighted by Crippen LogP contribution is 2.36. The van der Waals surface area contributed by atoms with Gasteiger partial charge >= 0.3 is 6.03 Å². The third kappa shape index (κ3) is 2.78. The Morgan fingerprint density at radius 3 is 2.35 bits per heavy atom. The Labute approximate surface area is 156 Å². The van der Waals surface area contributed by atoms with Crippen molar-refractivity contribution in [1.82, 2.24) is 20.4 Å². The van der Waals surface area contributed by atoms with Gasteiger partial charge in [0.15, 0.2) is 0 Å². The van der Waals surface area contributed by atoms with Crippen molar-refractivity contribution in [2.24, 2.45) is 0 Å². The smallest absolute Gasteiger partial charge is 0.322 e. The molecule has 0 bridgehead atoms. The molecule has 1 atom stereocenters. The fourth-order valence-corrected chi connectivity index (χ4v) is 3.55. The van der Waals surface area contributed by atoms with E-state index in [9.17, 15) is 14.0 Å². The molecule has 4 rings (SSSR count). The van der Waals surface area contributed by atoms with Crippen LogP contribution in [0.1, 0.15) is 11.6 Å². The molecule has 2 N–H and O–H groups in total. The van der Waals surface area contributed by atoms with Gasteiger partial charge in [-0.25, -0.2) is 13.9 Å². The van der Waals surface area contributed by atoms with Gasteiger partial charge in [0.2, 0.25) is 0 Å². The first-order chi connectivity index (χ1) is 12.5. The van der Waals surface area contributed by atoms with Gasteiger partial charge in [-0.15, -0.1) is 0 Å². The van der Waals surface area contributed by atoms with Crippen molar-refractivity contribution in [2.45, 2.75) is 6.04 Å². The highest BCUT2D eigenvalue weighted by atomic mass is 79.9. The van der Waals surface area contributed by atoms with Gasteiger partial charge in [-0.1, -0.05) is 18.2 Å². The van der Waals surface area contributed by atoms with Crippen LogP contribution in [0.25, 0.3) is 16.9 Å². The maximum absolute atomic E-state index is 13.3.